The Bertz CT molecular complexity index is 1970. The summed E-state index contributed by atoms with van der Waals surface area (Å²) in [7, 11) is 3.72. The summed E-state index contributed by atoms with van der Waals surface area (Å²) in [6.45, 7) is 13.1. The fourth-order valence-corrected chi connectivity index (χ4v) is 9.27. The first kappa shape index (κ1) is 46.6. The summed E-state index contributed by atoms with van der Waals surface area (Å²) in [5.74, 6) is -5.68. The van der Waals surface area contributed by atoms with Gasteiger partial charge in [0.1, 0.15) is 35.0 Å². The second kappa shape index (κ2) is 18.8. The highest BCUT2D eigenvalue weighted by Gasteiger charge is 2.53. The number of hydrogen-bond donors (Lipinski definition) is 3. The van der Waals surface area contributed by atoms with Crippen LogP contribution in [0.4, 0.5) is 6.01 Å². The van der Waals surface area contributed by atoms with Gasteiger partial charge in [-0.05, 0) is 84.7 Å². The van der Waals surface area contributed by atoms with Crippen molar-refractivity contribution in [2.24, 2.45) is 33.8 Å². The van der Waals surface area contributed by atoms with Crippen LogP contribution in [-0.4, -0.2) is 143 Å². The number of ether oxygens (including phenoxy) is 6. The van der Waals surface area contributed by atoms with E-state index in [-0.39, 0.29) is 63.1 Å². The van der Waals surface area contributed by atoms with Crippen molar-refractivity contribution in [3.63, 3.8) is 0 Å². The average molecular weight is 858 g/mol. The standard InChI is InChI=1S/C43H63N5O13/c1-11-32-43(8,53)37-23(4)33-21(2)16-42(7,36(24(5)34(49)25(6)39(52)59-32)60-40-35(50)29(48(9)10)14-22(3)57-40)56-19-27(18-55-37)47-61-31(38(51)46-33)20-54-17-26-12-13-28-30(15-26)58-41(44)45-28/h12-13,15,21-25,29,31-32,35-37,40,50,53H,11,14,16-20H2,1-10H3,(H2,44,45)/b46-33?,47-27+/t21-,22-,23-,24+,25-,29+,31?,32-,35-,36-,37+,40+,42-,43-/m1/s1. The smallest absolute Gasteiger partial charge is 0.316 e. The molecule has 1 aromatic heterocycles. The largest absolute Gasteiger partial charge is 0.459 e. The Labute approximate surface area is 356 Å². The van der Waals surface area contributed by atoms with E-state index in [1.165, 1.54) is 13.8 Å². The molecule has 0 spiro atoms. The predicted octanol–water partition coefficient (Wildman–Crippen LogP) is 3.22. The molecule has 1 aromatic carbocycles. The number of nitrogens with two attached hydrogens (primary N) is 1. The number of cyclic esters (lactones) is 1. The molecular weight excluding hydrogens is 794 g/mol. The van der Waals surface area contributed by atoms with Gasteiger partial charge in [-0.15, -0.1) is 0 Å². The number of esters is 1. The molecule has 5 heterocycles. The SMILES string of the molecule is CC[C@H]1OC(=O)[C@H](C)C(=O)[C@H](C)[C@@H](O[C@@H]2O[C@H](C)C[C@H](N(C)C)[C@H]2O)[C@@]2(C)C[C@@H](C)C3=NC(=O)C(COCc4ccc5nc(N)oc5c4)O/N=C(\CO[C@@H]([C@@H]3C)[C@]1(C)O)CO2. The van der Waals surface area contributed by atoms with Gasteiger partial charge in [0.05, 0.1) is 50.3 Å². The van der Waals surface area contributed by atoms with Crippen molar-refractivity contribution >= 4 is 46.2 Å². The third-order valence-electron chi connectivity index (χ3n) is 12.7. The van der Waals surface area contributed by atoms with Crippen LogP contribution in [0, 0.1) is 23.7 Å². The molecule has 0 aliphatic carbocycles. The molecule has 0 saturated carbocycles. The number of aliphatic hydroxyl groups excluding tert-OH is 1. The number of anilines is 1. The maximum atomic E-state index is 14.5. The van der Waals surface area contributed by atoms with Crippen LogP contribution >= 0.6 is 0 Å². The van der Waals surface area contributed by atoms with Gasteiger partial charge in [-0.25, -0.2) is 4.99 Å². The van der Waals surface area contributed by atoms with Gasteiger partial charge in [-0.2, -0.15) is 4.98 Å². The van der Waals surface area contributed by atoms with Crippen LogP contribution in [0.5, 0.6) is 0 Å². The minimum absolute atomic E-state index is 0.0420. The minimum Gasteiger partial charge on any atom is -0.459 e. The summed E-state index contributed by atoms with van der Waals surface area (Å²) in [6.07, 6.45) is -6.46. The molecule has 3 fully saturated rings. The first-order chi connectivity index (χ1) is 28.7. The Morgan fingerprint density at radius 2 is 1.79 bits per heavy atom. The topological polar surface area (TPSA) is 236 Å². The van der Waals surface area contributed by atoms with E-state index >= 15 is 0 Å². The summed E-state index contributed by atoms with van der Waals surface area (Å²) < 4.78 is 43.8. The molecule has 4 aliphatic heterocycles. The number of amides is 1. The van der Waals surface area contributed by atoms with Crippen molar-refractivity contribution in [2.75, 3.05) is 39.6 Å². The number of rotatable bonds is 8. The molecule has 6 rings (SSSR count). The number of ketones is 1. The number of aliphatic hydroxyl groups is 2. The number of nitrogen functional groups attached to an aromatic ring is 1. The highest BCUT2D eigenvalue weighted by Crippen LogP contribution is 2.40. The Kier molecular flexibility index (Phi) is 14.4. The van der Waals surface area contributed by atoms with Gasteiger partial charge in [-0.1, -0.05) is 38.9 Å². The van der Waals surface area contributed by atoms with E-state index in [4.69, 9.17) is 48.4 Å². The summed E-state index contributed by atoms with van der Waals surface area (Å²) in [5.41, 5.74) is 4.80. The Morgan fingerprint density at radius 1 is 1.05 bits per heavy atom. The van der Waals surface area contributed by atoms with Crippen LogP contribution in [-0.2, 0) is 54.2 Å². The first-order valence-corrected chi connectivity index (χ1v) is 21.2. The molecule has 1 unspecified atom stereocenters. The number of oxime groups is 1. The highest BCUT2D eigenvalue weighted by molar-refractivity contribution is 6.01. The van der Waals surface area contributed by atoms with Gasteiger partial charge in [0.15, 0.2) is 17.7 Å². The van der Waals surface area contributed by atoms with Crippen LogP contribution in [0.1, 0.15) is 80.2 Å². The van der Waals surface area contributed by atoms with Gasteiger partial charge in [-0.3, -0.25) is 14.4 Å². The maximum absolute atomic E-state index is 14.5. The van der Waals surface area contributed by atoms with E-state index in [1.807, 2.05) is 32.8 Å². The van der Waals surface area contributed by atoms with Gasteiger partial charge >= 0.3 is 5.97 Å². The van der Waals surface area contributed by atoms with Crippen LogP contribution in [0.2, 0.25) is 0 Å². The van der Waals surface area contributed by atoms with Gasteiger partial charge in [0.2, 0.25) is 6.10 Å². The van der Waals surface area contributed by atoms with Crippen molar-refractivity contribution in [2.45, 2.75) is 141 Å². The maximum Gasteiger partial charge on any atom is 0.316 e. The molecule has 4 aliphatic rings. The van der Waals surface area contributed by atoms with E-state index in [1.54, 1.807) is 45.9 Å². The molecule has 14 atom stereocenters. The quantitative estimate of drug-likeness (QED) is 0.255. The van der Waals surface area contributed by atoms with E-state index in [9.17, 15) is 24.6 Å². The van der Waals surface area contributed by atoms with Crippen molar-refractivity contribution in [1.29, 1.82) is 0 Å². The van der Waals surface area contributed by atoms with Crippen molar-refractivity contribution in [3.8, 4) is 0 Å². The summed E-state index contributed by atoms with van der Waals surface area (Å²) in [5, 5.41) is 28.4. The molecule has 61 heavy (non-hydrogen) atoms. The number of carbonyl (C=O) groups excluding carboxylic acids is 3. The first-order valence-electron chi connectivity index (χ1n) is 21.2. The molecule has 1 amide bonds. The Balaban J connectivity index is 1.43. The number of nitrogens with zero attached hydrogens (tertiary/aromatic N) is 4. The lowest BCUT2D eigenvalue weighted by Crippen LogP contribution is -2.60. The van der Waals surface area contributed by atoms with Crippen LogP contribution in [0.15, 0.2) is 32.8 Å². The Morgan fingerprint density at radius 3 is 2.49 bits per heavy atom. The molecule has 4 bridgehead atoms. The zero-order valence-electron chi connectivity index (χ0n) is 36.9. The zero-order chi connectivity index (χ0) is 44.6. The minimum atomic E-state index is -1.86. The summed E-state index contributed by atoms with van der Waals surface area (Å²) in [6, 6.07) is 5.01. The number of aromatic nitrogens is 1. The molecule has 3 saturated heterocycles. The molecule has 338 valence electrons. The molecule has 18 nitrogen and oxygen atoms in total. The third-order valence-corrected chi connectivity index (χ3v) is 12.7. The number of oxazole rings is 1. The van der Waals surface area contributed by atoms with E-state index < -0.39 is 89.3 Å². The lowest BCUT2D eigenvalue weighted by atomic mass is 9.73. The lowest BCUT2D eigenvalue weighted by Gasteiger charge is -2.47. The number of benzene rings is 1. The van der Waals surface area contributed by atoms with Crippen LogP contribution in [0.3, 0.4) is 0 Å². The molecule has 4 N–H and O–H groups in total. The molecule has 18 heteroatoms. The van der Waals surface area contributed by atoms with E-state index in [0.29, 0.717) is 23.2 Å². The van der Waals surface area contributed by atoms with Crippen molar-refractivity contribution in [1.82, 2.24) is 9.88 Å². The third kappa shape index (κ3) is 10.0. The number of Topliss-reactive ketones (excluding diaryl/α,β-unsaturated/α-hetero) is 1. The monoisotopic (exact) mass is 857 g/mol. The predicted molar refractivity (Wildman–Crippen MR) is 221 cm³/mol. The van der Waals surface area contributed by atoms with E-state index in [2.05, 4.69) is 10.1 Å². The van der Waals surface area contributed by atoms with Crippen LogP contribution in [0.25, 0.3) is 11.1 Å². The van der Waals surface area contributed by atoms with E-state index in [0.717, 1.165) is 5.56 Å². The van der Waals surface area contributed by atoms with Crippen molar-refractivity contribution < 1.29 is 62.3 Å². The number of likely N-dealkylation sites (N-methyl/N-ethyl adjacent to an activating group) is 1. The highest BCUT2D eigenvalue weighted by atomic mass is 16.7. The fourth-order valence-electron chi connectivity index (χ4n) is 9.27. The van der Waals surface area contributed by atoms with Crippen molar-refractivity contribution in [3.05, 3.63) is 23.8 Å². The van der Waals surface area contributed by atoms with Crippen LogP contribution < -0.4 is 5.73 Å². The Hall–Kier alpha value is -3.88. The summed E-state index contributed by atoms with van der Waals surface area (Å²) >= 11 is 0. The fraction of sp³-hybridized carbons (Fsp3) is 0.721. The number of fused-ring (bicyclic) bond motifs is 5. The molecule has 0 radical (unpaired) electrons. The number of hydrogen-bond acceptors (Lipinski definition) is 17. The summed E-state index contributed by atoms with van der Waals surface area (Å²) in [4.78, 5) is 59.3. The average Bonchev–Trinajstić information content (AvgIpc) is 3.57. The van der Waals surface area contributed by atoms with Gasteiger partial charge < -0.3 is 58.5 Å². The number of carbonyl (C=O) groups is 3. The molecule has 2 aromatic rings. The molecular formula is C43H63N5O13. The normalized spacial score (nSPS) is 39.1. The van der Waals surface area contributed by atoms with Gasteiger partial charge in [0.25, 0.3) is 11.9 Å². The zero-order valence-corrected chi connectivity index (χ0v) is 36.9. The second-order valence-electron chi connectivity index (χ2n) is 17.8. The number of aliphatic imine (C=N–C) groups is 1. The van der Waals surface area contributed by atoms with Gasteiger partial charge in [0, 0.05) is 23.6 Å². The second-order valence-corrected chi connectivity index (χ2v) is 17.8. The lowest BCUT2D eigenvalue weighted by molar-refractivity contribution is -0.296.